The van der Waals surface area contributed by atoms with Crippen LogP contribution in [0.25, 0.3) is 11.2 Å². The second-order valence-corrected chi connectivity index (χ2v) is 9.68. The molecule has 6 rings (SSSR count). The van der Waals surface area contributed by atoms with Crippen molar-refractivity contribution in [3.05, 3.63) is 42.0 Å². The van der Waals surface area contributed by atoms with E-state index >= 15 is 0 Å². The zero-order valence-electron chi connectivity index (χ0n) is 21.5. The molecule has 0 radical (unpaired) electrons. The summed E-state index contributed by atoms with van der Waals surface area (Å²) < 4.78 is 7.23. The van der Waals surface area contributed by atoms with Gasteiger partial charge in [0.1, 0.15) is 24.1 Å². The molecule has 3 aliphatic rings. The van der Waals surface area contributed by atoms with Crippen molar-refractivity contribution in [2.45, 2.75) is 31.1 Å². The van der Waals surface area contributed by atoms with Crippen molar-refractivity contribution in [1.82, 2.24) is 34.6 Å². The number of hydrogen-bond donors (Lipinski definition) is 5. The van der Waals surface area contributed by atoms with Crippen LogP contribution in [0, 0.1) is 0 Å². The second-order valence-electron chi connectivity index (χ2n) is 9.68. The molecule has 3 aliphatic heterocycles. The van der Waals surface area contributed by atoms with Gasteiger partial charge in [0.15, 0.2) is 23.8 Å². The van der Waals surface area contributed by atoms with Crippen molar-refractivity contribution >= 4 is 65.2 Å². The molecule has 0 aliphatic carbocycles. The number of benzene rings is 1. The highest BCUT2D eigenvalue weighted by atomic mass is 35.5. The Morgan fingerprint density at radius 1 is 1.10 bits per heavy atom. The maximum absolute atomic E-state index is 13.2. The van der Waals surface area contributed by atoms with Crippen LogP contribution in [0.1, 0.15) is 22.1 Å². The number of nitrogens with one attached hydrogen (secondary N) is 2. The lowest BCUT2D eigenvalue weighted by Gasteiger charge is -2.35. The van der Waals surface area contributed by atoms with E-state index in [9.17, 15) is 24.6 Å². The maximum Gasteiger partial charge on any atom is 0.254 e. The van der Waals surface area contributed by atoms with Gasteiger partial charge in [-0.1, -0.05) is 6.07 Å². The van der Waals surface area contributed by atoms with Crippen LogP contribution in [0.4, 0.5) is 11.5 Å². The number of carbonyl (C=O) groups is 3. The number of fused-ring (bicyclic) bond motifs is 2. The van der Waals surface area contributed by atoms with Crippen LogP contribution in [0.5, 0.6) is 0 Å². The number of hydrogen-bond acceptors (Lipinski definition) is 11. The van der Waals surface area contributed by atoms with Crippen molar-refractivity contribution in [2.24, 2.45) is 0 Å². The van der Waals surface area contributed by atoms with Crippen molar-refractivity contribution in [1.29, 1.82) is 0 Å². The Hall–Kier alpha value is -3.60. The van der Waals surface area contributed by atoms with Crippen molar-refractivity contribution < 1.29 is 29.3 Å². The largest absolute Gasteiger partial charge is 0.387 e. The van der Waals surface area contributed by atoms with Crippen LogP contribution in [-0.4, -0.2) is 108 Å². The van der Waals surface area contributed by atoms with E-state index in [0.717, 1.165) is 5.56 Å². The first kappa shape index (κ1) is 30.4. The predicted molar refractivity (Wildman–Crippen MR) is 149 cm³/mol. The van der Waals surface area contributed by atoms with Crippen molar-refractivity contribution in [3.63, 3.8) is 0 Å². The molecular formula is C24H29Cl2N9O6. The van der Waals surface area contributed by atoms with Gasteiger partial charge in [0, 0.05) is 49.5 Å². The summed E-state index contributed by atoms with van der Waals surface area (Å²) >= 11 is 0. The minimum Gasteiger partial charge on any atom is -0.387 e. The van der Waals surface area contributed by atoms with Gasteiger partial charge in [0.25, 0.3) is 11.8 Å². The molecule has 2 saturated heterocycles. The molecule has 0 saturated carbocycles. The Morgan fingerprint density at radius 2 is 1.85 bits per heavy atom. The molecule has 3 amide bonds. The van der Waals surface area contributed by atoms with Gasteiger partial charge in [0.05, 0.1) is 12.9 Å². The van der Waals surface area contributed by atoms with E-state index in [4.69, 9.17) is 10.5 Å². The number of piperazine rings is 1. The van der Waals surface area contributed by atoms with Crippen LogP contribution >= 0.6 is 24.8 Å². The van der Waals surface area contributed by atoms with E-state index in [0.29, 0.717) is 55.1 Å². The Bertz CT molecular complexity index is 1460. The zero-order chi connectivity index (χ0) is 27.3. The number of nitrogens with two attached hydrogens (primary N) is 1. The standard InChI is InChI=1S/C24H27N9O6.2ClH/c25-20-16-21(28-10-27-20)33(11-29-16)24-18(36)17(35)19(39-24)23(38)32-6-4-31(5-7-32)9-15(34)30-14-3-1-2-12-13(14)8-26-22(12)37;;/h1-3,10-11,17-19,24,35-36H,4-9H2,(H,26,37)(H,30,34)(H2,25,27,28);2*1H/t17-,18+,19+,24+;;/m1../s1. The number of halogens is 2. The number of aromatic nitrogens is 4. The molecule has 0 spiro atoms. The summed E-state index contributed by atoms with van der Waals surface area (Å²) in [4.78, 5) is 53.4. The maximum atomic E-state index is 13.2. The number of carbonyl (C=O) groups excluding carboxylic acids is 3. The highest BCUT2D eigenvalue weighted by molar-refractivity contribution is 6.02. The molecule has 0 unspecified atom stereocenters. The molecule has 2 aromatic heterocycles. The Labute approximate surface area is 245 Å². The Kier molecular flexibility index (Phi) is 8.96. The molecule has 0 bridgehead atoms. The third-order valence-corrected chi connectivity index (χ3v) is 7.31. The lowest BCUT2D eigenvalue weighted by molar-refractivity contribution is -0.150. The van der Waals surface area contributed by atoms with E-state index in [1.165, 1.54) is 17.2 Å². The number of rotatable bonds is 5. The molecule has 6 N–H and O–H groups in total. The third-order valence-electron chi connectivity index (χ3n) is 7.31. The summed E-state index contributed by atoms with van der Waals surface area (Å²) in [6.07, 6.45) is -2.62. The molecule has 15 nitrogen and oxygen atoms in total. The molecule has 4 atom stereocenters. The fourth-order valence-corrected chi connectivity index (χ4v) is 5.22. The number of amides is 3. The minimum absolute atomic E-state index is 0. The number of nitrogens with zero attached hydrogens (tertiary/aromatic N) is 6. The normalized spacial score (nSPS) is 23.9. The molecule has 5 heterocycles. The van der Waals surface area contributed by atoms with Gasteiger partial charge in [-0.2, -0.15) is 0 Å². The summed E-state index contributed by atoms with van der Waals surface area (Å²) in [5.41, 5.74) is 8.38. The summed E-state index contributed by atoms with van der Waals surface area (Å²) in [5.74, 6) is -0.677. The van der Waals surface area contributed by atoms with Crippen LogP contribution < -0.4 is 16.4 Å². The van der Waals surface area contributed by atoms with Gasteiger partial charge in [-0.15, -0.1) is 24.8 Å². The molecule has 17 heteroatoms. The third kappa shape index (κ3) is 5.51. The smallest absolute Gasteiger partial charge is 0.254 e. The van der Waals surface area contributed by atoms with Crippen LogP contribution in [0.3, 0.4) is 0 Å². The first-order valence-corrected chi connectivity index (χ1v) is 12.5. The van der Waals surface area contributed by atoms with Gasteiger partial charge in [0.2, 0.25) is 5.91 Å². The summed E-state index contributed by atoms with van der Waals surface area (Å²) in [6, 6.07) is 5.21. The number of aliphatic hydroxyl groups is 2. The number of aliphatic hydroxyl groups excluding tert-OH is 2. The molecule has 2 fully saturated rings. The fraction of sp³-hybridized carbons (Fsp3) is 0.417. The number of imidazole rings is 1. The van der Waals surface area contributed by atoms with E-state index in [1.807, 2.05) is 4.90 Å². The predicted octanol–water partition coefficient (Wildman–Crippen LogP) is -1.10. The first-order chi connectivity index (χ1) is 18.8. The van der Waals surface area contributed by atoms with Gasteiger partial charge >= 0.3 is 0 Å². The molecule has 1 aromatic carbocycles. The lowest BCUT2D eigenvalue weighted by atomic mass is 10.1. The van der Waals surface area contributed by atoms with Gasteiger partial charge < -0.3 is 36.2 Å². The quantitative estimate of drug-likeness (QED) is 0.235. The topological polar surface area (TPSA) is 201 Å². The zero-order valence-corrected chi connectivity index (χ0v) is 23.2. The fourth-order valence-electron chi connectivity index (χ4n) is 5.22. The average molecular weight is 610 g/mol. The monoisotopic (exact) mass is 609 g/mol. The van der Waals surface area contributed by atoms with Crippen LogP contribution in [0.15, 0.2) is 30.9 Å². The average Bonchev–Trinajstić information content (AvgIpc) is 3.61. The SMILES string of the molecule is Cl.Cl.Nc1ncnc2c1ncn2[C@H]1O[C@H](C(=O)N2CCN(CC(=O)Nc3cccc4c3CNC4=O)CC2)[C@H](O)[C@@H]1O. The van der Waals surface area contributed by atoms with Gasteiger partial charge in [-0.25, -0.2) is 15.0 Å². The Morgan fingerprint density at radius 3 is 2.61 bits per heavy atom. The lowest BCUT2D eigenvalue weighted by Crippen LogP contribution is -2.54. The number of anilines is 2. The highest BCUT2D eigenvalue weighted by Crippen LogP contribution is 2.33. The molecule has 41 heavy (non-hydrogen) atoms. The number of nitrogen functional groups attached to an aromatic ring is 1. The summed E-state index contributed by atoms with van der Waals surface area (Å²) in [6.45, 7) is 1.99. The van der Waals surface area contributed by atoms with Crippen LogP contribution in [0.2, 0.25) is 0 Å². The number of ether oxygens (including phenoxy) is 1. The second kappa shape index (κ2) is 12.1. The van der Waals surface area contributed by atoms with E-state index < -0.39 is 30.4 Å². The highest BCUT2D eigenvalue weighted by Gasteiger charge is 2.49. The van der Waals surface area contributed by atoms with Crippen LogP contribution in [-0.2, 0) is 20.9 Å². The van der Waals surface area contributed by atoms with Gasteiger partial charge in [-0.3, -0.25) is 23.9 Å². The molecule has 3 aromatic rings. The summed E-state index contributed by atoms with van der Waals surface area (Å²) in [7, 11) is 0. The van der Waals surface area contributed by atoms with E-state index in [1.54, 1.807) is 23.1 Å². The minimum atomic E-state index is -1.46. The van der Waals surface area contributed by atoms with Crippen molar-refractivity contribution in [3.8, 4) is 0 Å². The molecular weight excluding hydrogens is 581 g/mol. The first-order valence-electron chi connectivity index (χ1n) is 12.5. The Balaban J connectivity index is 0.00000194. The van der Waals surface area contributed by atoms with Gasteiger partial charge in [-0.05, 0) is 12.1 Å². The van der Waals surface area contributed by atoms with E-state index in [2.05, 4.69) is 25.6 Å². The summed E-state index contributed by atoms with van der Waals surface area (Å²) in [5, 5.41) is 26.9. The van der Waals surface area contributed by atoms with Crippen molar-refractivity contribution in [2.75, 3.05) is 43.8 Å². The molecule has 220 valence electrons. The van der Waals surface area contributed by atoms with E-state index in [-0.39, 0.29) is 49.0 Å².